The molecule has 1 aromatic carbocycles. The zero-order valence-electron chi connectivity index (χ0n) is 14.3. The fourth-order valence-corrected chi connectivity index (χ4v) is 6.87. The van der Waals surface area contributed by atoms with Gasteiger partial charge in [-0.05, 0) is 31.2 Å². The largest absolute Gasteiger partial charge is 0.316 e. The first-order chi connectivity index (χ1) is 11.7. The number of carbonyl (C=O) groups is 2. The summed E-state index contributed by atoms with van der Waals surface area (Å²) in [6.07, 6.45) is 0. The summed E-state index contributed by atoms with van der Waals surface area (Å²) in [4.78, 5) is 29.6. The van der Waals surface area contributed by atoms with Crippen LogP contribution < -0.4 is 4.90 Å². The second-order valence-corrected chi connectivity index (χ2v) is 10.0. The zero-order valence-corrected chi connectivity index (χ0v) is 15.9. The Morgan fingerprint density at radius 1 is 1.20 bits per heavy atom. The van der Waals surface area contributed by atoms with Gasteiger partial charge in [0.15, 0.2) is 20.8 Å². The summed E-state index contributed by atoms with van der Waals surface area (Å²) in [5.74, 6) is -0.338. The van der Waals surface area contributed by atoms with Crippen LogP contribution in [0.5, 0.6) is 0 Å². The molecule has 134 valence electrons. The van der Waals surface area contributed by atoms with E-state index in [0.29, 0.717) is 10.7 Å². The Balaban J connectivity index is 2.00. The maximum atomic E-state index is 12.1. The molecule has 1 amide bonds. The van der Waals surface area contributed by atoms with Crippen molar-refractivity contribution in [3.05, 3.63) is 29.8 Å². The fourth-order valence-electron chi connectivity index (χ4n) is 2.95. The highest BCUT2D eigenvalue weighted by Crippen LogP contribution is 2.41. The summed E-state index contributed by atoms with van der Waals surface area (Å²) in [7, 11) is -3.09. The highest BCUT2D eigenvalue weighted by atomic mass is 32.2. The normalized spacial score (nSPS) is 26.2. The van der Waals surface area contributed by atoms with E-state index in [-0.39, 0.29) is 40.4 Å². The number of nitrogens with zero attached hydrogens (tertiary/aromatic N) is 2. The molecule has 3 rings (SSSR count). The van der Waals surface area contributed by atoms with Gasteiger partial charge in [-0.25, -0.2) is 8.42 Å². The number of hydrogen-bond donors (Lipinski definition) is 0. The van der Waals surface area contributed by atoms with Crippen LogP contribution in [0, 0.1) is 5.92 Å². The molecule has 2 saturated heterocycles. The maximum Gasteiger partial charge on any atom is 0.250 e. The second-order valence-electron chi connectivity index (χ2n) is 6.66. The van der Waals surface area contributed by atoms with Gasteiger partial charge in [-0.3, -0.25) is 9.59 Å². The number of amidine groups is 1. The van der Waals surface area contributed by atoms with E-state index in [0.717, 1.165) is 5.69 Å². The molecule has 6 nitrogen and oxygen atoms in total. The van der Waals surface area contributed by atoms with Crippen molar-refractivity contribution in [2.75, 3.05) is 16.4 Å². The van der Waals surface area contributed by atoms with Gasteiger partial charge in [0, 0.05) is 22.4 Å². The molecule has 0 spiro atoms. The summed E-state index contributed by atoms with van der Waals surface area (Å²) in [5.41, 5.74) is 1.33. The van der Waals surface area contributed by atoms with Crippen LogP contribution in [0.25, 0.3) is 0 Å². The Labute approximate surface area is 151 Å². The lowest BCUT2D eigenvalue weighted by Gasteiger charge is -2.24. The molecule has 25 heavy (non-hydrogen) atoms. The first-order valence-electron chi connectivity index (χ1n) is 8.08. The van der Waals surface area contributed by atoms with Crippen LogP contribution in [0.1, 0.15) is 31.1 Å². The van der Waals surface area contributed by atoms with Crippen LogP contribution in [-0.2, 0) is 14.6 Å². The SMILES string of the molecule is CC(=O)c1ccc(N2C(=NC(=O)C(C)C)S[C@H]3CS(=O)(=O)C[C@@H]32)cc1. The standard InChI is InChI=1S/C17H20N2O4S2/c1-10(2)16(21)18-17-19(13-6-4-12(5-7-13)11(3)20)14-8-25(22,23)9-15(14)24-17/h4-7,10,14-15H,8-9H2,1-3H3/t14-,15-/m0/s1. The number of thioether (sulfide) groups is 1. The number of anilines is 1. The summed E-state index contributed by atoms with van der Waals surface area (Å²) >= 11 is 1.35. The summed E-state index contributed by atoms with van der Waals surface area (Å²) in [6, 6.07) is 6.74. The Morgan fingerprint density at radius 3 is 2.40 bits per heavy atom. The van der Waals surface area contributed by atoms with Crippen LogP contribution in [0.3, 0.4) is 0 Å². The van der Waals surface area contributed by atoms with Crippen molar-refractivity contribution in [3.63, 3.8) is 0 Å². The Kier molecular flexibility index (Phi) is 4.76. The van der Waals surface area contributed by atoms with Gasteiger partial charge in [-0.15, -0.1) is 0 Å². The molecule has 0 radical (unpaired) electrons. The van der Waals surface area contributed by atoms with Gasteiger partial charge in [0.25, 0.3) is 5.91 Å². The van der Waals surface area contributed by atoms with Gasteiger partial charge in [0.2, 0.25) is 0 Å². The van der Waals surface area contributed by atoms with Crippen molar-refractivity contribution in [1.82, 2.24) is 0 Å². The summed E-state index contributed by atoms with van der Waals surface area (Å²) in [6.45, 7) is 5.06. The molecule has 0 bridgehead atoms. The lowest BCUT2D eigenvalue weighted by atomic mass is 10.1. The highest BCUT2D eigenvalue weighted by molar-refractivity contribution is 8.16. The van der Waals surface area contributed by atoms with Crippen molar-refractivity contribution >= 4 is 44.1 Å². The number of fused-ring (bicyclic) bond motifs is 1. The van der Waals surface area contributed by atoms with E-state index in [1.165, 1.54) is 18.7 Å². The predicted molar refractivity (Wildman–Crippen MR) is 100 cm³/mol. The molecule has 2 atom stereocenters. The first kappa shape index (κ1) is 18.1. The Morgan fingerprint density at radius 2 is 1.84 bits per heavy atom. The third-order valence-corrected chi connectivity index (χ3v) is 7.53. The molecule has 0 saturated carbocycles. The van der Waals surface area contributed by atoms with Gasteiger partial charge >= 0.3 is 0 Å². The molecule has 0 unspecified atom stereocenters. The van der Waals surface area contributed by atoms with Crippen molar-refractivity contribution in [3.8, 4) is 0 Å². The molecule has 8 heteroatoms. The number of aliphatic imine (C=N–C) groups is 1. The van der Waals surface area contributed by atoms with Crippen LogP contribution >= 0.6 is 11.8 Å². The number of benzene rings is 1. The number of amides is 1. The zero-order chi connectivity index (χ0) is 18.4. The maximum absolute atomic E-state index is 12.1. The molecule has 2 fully saturated rings. The first-order valence-corrected chi connectivity index (χ1v) is 10.8. The third kappa shape index (κ3) is 3.64. The molecule has 0 aromatic heterocycles. The minimum atomic E-state index is -3.09. The number of rotatable bonds is 3. The predicted octanol–water partition coefficient (Wildman–Crippen LogP) is 2.15. The topological polar surface area (TPSA) is 83.9 Å². The van der Waals surface area contributed by atoms with Gasteiger partial charge in [-0.2, -0.15) is 4.99 Å². The molecule has 0 aliphatic carbocycles. The quantitative estimate of drug-likeness (QED) is 0.747. The van der Waals surface area contributed by atoms with Gasteiger partial charge in [0.1, 0.15) is 0 Å². The van der Waals surface area contributed by atoms with Gasteiger partial charge in [0.05, 0.1) is 17.5 Å². The monoisotopic (exact) mass is 380 g/mol. The number of carbonyl (C=O) groups excluding carboxylic acids is 2. The fraction of sp³-hybridized carbons (Fsp3) is 0.471. The molecular weight excluding hydrogens is 360 g/mol. The average Bonchev–Trinajstić information content (AvgIpc) is 2.98. The van der Waals surface area contributed by atoms with Crippen LogP contribution in [0.15, 0.2) is 29.3 Å². The molecular formula is C17H20N2O4S2. The molecule has 2 heterocycles. The third-order valence-electron chi connectivity index (χ3n) is 4.32. The molecule has 2 aliphatic rings. The highest BCUT2D eigenvalue weighted by Gasteiger charge is 2.49. The summed E-state index contributed by atoms with van der Waals surface area (Å²) in [5, 5.41) is 0.412. The van der Waals surface area contributed by atoms with E-state index in [1.54, 1.807) is 38.1 Å². The smallest absolute Gasteiger partial charge is 0.250 e. The van der Waals surface area contributed by atoms with E-state index in [9.17, 15) is 18.0 Å². The average molecular weight is 380 g/mol. The lowest BCUT2D eigenvalue weighted by molar-refractivity contribution is -0.120. The van der Waals surface area contributed by atoms with E-state index >= 15 is 0 Å². The second kappa shape index (κ2) is 6.57. The van der Waals surface area contributed by atoms with E-state index in [1.807, 2.05) is 4.90 Å². The molecule has 1 aromatic rings. The minimum absolute atomic E-state index is 0.0347. The summed E-state index contributed by atoms with van der Waals surface area (Å²) < 4.78 is 24.0. The number of ketones is 1. The number of hydrogen-bond acceptors (Lipinski definition) is 5. The van der Waals surface area contributed by atoms with Crippen LogP contribution in [-0.4, -0.2) is 48.1 Å². The van der Waals surface area contributed by atoms with Gasteiger partial charge < -0.3 is 4.90 Å². The van der Waals surface area contributed by atoms with E-state index in [2.05, 4.69) is 4.99 Å². The Bertz CT molecular complexity index is 844. The van der Waals surface area contributed by atoms with E-state index < -0.39 is 9.84 Å². The minimum Gasteiger partial charge on any atom is -0.316 e. The number of sulfone groups is 1. The van der Waals surface area contributed by atoms with Crippen molar-refractivity contribution in [2.24, 2.45) is 10.9 Å². The molecule has 0 N–H and O–H groups in total. The van der Waals surface area contributed by atoms with Crippen molar-refractivity contribution in [2.45, 2.75) is 32.1 Å². The lowest BCUT2D eigenvalue weighted by Crippen LogP contribution is -2.37. The van der Waals surface area contributed by atoms with Crippen molar-refractivity contribution < 1.29 is 18.0 Å². The van der Waals surface area contributed by atoms with Crippen molar-refractivity contribution in [1.29, 1.82) is 0 Å². The Hall–Kier alpha value is -1.67. The number of Topliss-reactive ketones (excluding diaryl/α,β-unsaturated/α-hetero) is 1. The van der Waals surface area contributed by atoms with E-state index in [4.69, 9.17) is 0 Å². The van der Waals surface area contributed by atoms with Crippen LogP contribution in [0.2, 0.25) is 0 Å². The van der Waals surface area contributed by atoms with Crippen LogP contribution in [0.4, 0.5) is 5.69 Å². The van der Waals surface area contributed by atoms with Gasteiger partial charge in [-0.1, -0.05) is 25.6 Å². The molecule has 2 aliphatic heterocycles.